The number of hydrogen-bond acceptors (Lipinski definition) is 2. The lowest BCUT2D eigenvalue weighted by Crippen LogP contribution is -2.36. The predicted octanol–water partition coefficient (Wildman–Crippen LogP) is 2.57. The summed E-state index contributed by atoms with van der Waals surface area (Å²) >= 11 is 0. The highest BCUT2D eigenvalue weighted by molar-refractivity contribution is 5.20. The van der Waals surface area contributed by atoms with Crippen molar-refractivity contribution in [2.75, 3.05) is 13.3 Å². The lowest BCUT2D eigenvalue weighted by atomic mass is 9.94. The largest absolute Gasteiger partial charge is 0.357 e. The van der Waals surface area contributed by atoms with Gasteiger partial charge in [-0.15, -0.1) is 0 Å². The molecule has 2 fully saturated rings. The van der Waals surface area contributed by atoms with Crippen LogP contribution in [0.1, 0.15) is 30.9 Å². The minimum atomic E-state index is 0.312. The summed E-state index contributed by atoms with van der Waals surface area (Å²) < 4.78 is 5.91. The summed E-state index contributed by atoms with van der Waals surface area (Å²) in [6.07, 6.45) is 4.29. The zero-order chi connectivity index (χ0) is 10.1. The number of hydrogen-bond donors (Lipinski definition) is 0. The Bertz CT molecular complexity index is 325. The van der Waals surface area contributed by atoms with Gasteiger partial charge in [0.2, 0.25) is 0 Å². The molecule has 0 unspecified atom stereocenters. The Labute approximate surface area is 90.8 Å². The van der Waals surface area contributed by atoms with Gasteiger partial charge in [-0.25, -0.2) is 0 Å². The van der Waals surface area contributed by atoms with Crippen LogP contribution in [0.2, 0.25) is 0 Å². The zero-order valence-corrected chi connectivity index (χ0v) is 8.93. The first-order valence-electron chi connectivity index (χ1n) is 5.86. The Hall–Kier alpha value is -0.860. The Kier molecular flexibility index (Phi) is 2.47. The molecule has 3 rings (SSSR count). The number of ether oxygens (including phenoxy) is 1. The van der Waals surface area contributed by atoms with Gasteiger partial charge < -0.3 is 4.74 Å². The van der Waals surface area contributed by atoms with E-state index in [2.05, 4.69) is 35.2 Å². The molecule has 2 aliphatic rings. The molecule has 2 nitrogen and oxygen atoms in total. The van der Waals surface area contributed by atoms with Crippen LogP contribution in [0.4, 0.5) is 0 Å². The fourth-order valence-electron chi connectivity index (χ4n) is 2.77. The van der Waals surface area contributed by atoms with E-state index in [1.807, 2.05) is 0 Å². The standard InChI is InChI=1S/C13H17NO/c1-2-6-11(7-3-1)13-12-8-4-5-9-14(12)10-15-13/h1-3,6-7,12-13H,4-5,8-10H2/t12-,13+/m0/s1. The highest BCUT2D eigenvalue weighted by Crippen LogP contribution is 2.36. The molecule has 2 heteroatoms. The number of piperidine rings is 1. The molecule has 2 aliphatic heterocycles. The van der Waals surface area contributed by atoms with Gasteiger partial charge in [0, 0.05) is 12.6 Å². The molecule has 1 aromatic carbocycles. The maximum Gasteiger partial charge on any atom is 0.100 e. The van der Waals surface area contributed by atoms with Gasteiger partial charge in [-0.2, -0.15) is 0 Å². The van der Waals surface area contributed by atoms with Crippen molar-refractivity contribution in [1.82, 2.24) is 4.90 Å². The molecule has 2 atom stereocenters. The van der Waals surface area contributed by atoms with Crippen LogP contribution in [0.3, 0.4) is 0 Å². The molecule has 0 amide bonds. The average Bonchev–Trinajstić information content (AvgIpc) is 2.74. The number of benzene rings is 1. The smallest absolute Gasteiger partial charge is 0.100 e. The predicted molar refractivity (Wildman–Crippen MR) is 59.5 cm³/mol. The van der Waals surface area contributed by atoms with Crippen molar-refractivity contribution in [3.8, 4) is 0 Å². The molecule has 80 valence electrons. The van der Waals surface area contributed by atoms with E-state index >= 15 is 0 Å². The summed E-state index contributed by atoms with van der Waals surface area (Å²) in [5.74, 6) is 0. The van der Waals surface area contributed by atoms with Crippen LogP contribution in [0.15, 0.2) is 30.3 Å². The van der Waals surface area contributed by atoms with Crippen LogP contribution in [0.25, 0.3) is 0 Å². The molecule has 15 heavy (non-hydrogen) atoms. The van der Waals surface area contributed by atoms with Gasteiger partial charge >= 0.3 is 0 Å². The van der Waals surface area contributed by atoms with Crippen LogP contribution in [-0.2, 0) is 4.74 Å². The van der Waals surface area contributed by atoms with E-state index in [1.165, 1.54) is 31.4 Å². The molecule has 0 aliphatic carbocycles. The van der Waals surface area contributed by atoms with Gasteiger partial charge in [-0.1, -0.05) is 36.8 Å². The van der Waals surface area contributed by atoms with Crippen LogP contribution < -0.4 is 0 Å². The first-order valence-corrected chi connectivity index (χ1v) is 5.86. The van der Waals surface area contributed by atoms with Gasteiger partial charge in [0.15, 0.2) is 0 Å². The Morgan fingerprint density at radius 2 is 2.00 bits per heavy atom. The molecule has 0 radical (unpaired) electrons. The second kappa shape index (κ2) is 3.95. The van der Waals surface area contributed by atoms with E-state index in [9.17, 15) is 0 Å². The summed E-state index contributed by atoms with van der Waals surface area (Å²) in [5.41, 5.74) is 1.34. The Morgan fingerprint density at radius 1 is 1.13 bits per heavy atom. The van der Waals surface area contributed by atoms with E-state index in [0.29, 0.717) is 12.1 Å². The normalized spacial score (nSPS) is 31.5. The number of nitrogens with zero attached hydrogens (tertiary/aromatic N) is 1. The number of rotatable bonds is 1. The SMILES string of the molecule is c1ccc([C@H]2OCN3CCCC[C@@H]23)cc1. The topological polar surface area (TPSA) is 12.5 Å². The minimum Gasteiger partial charge on any atom is -0.357 e. The molecule has 0 aromatic heterocycles. The van der Waals surface area contributed by atoms with Crippen molar-refractivity contribution < 1.29 is 4.74 Å². The van der Waals surface area contributed by atoms with E-state index in [1.54, 1.807) is 0 Å². The molecule has 0 N–H and O–H groups in total. The van der Waals surface area contributed by atoms with Crippen molar-refractivity contribution in [3.63, 3.8) is 0 Å². The van der Waals surface area contributed by atoms with Crippen LogP contribution in [-0.4, -0.2) is 24.2 Å². The first kappa shape index (κ1) is 9.37. The summed E-state index contributed by atoms with van der Waals surface area (Å²) in [7, 11) is 0. The monoisotopic (exact) mass is 203 g/mol. The second-order valence-corrected chi connectivity index (χ2v) is 4.50. The van der Waals surface area contributed by atoms with Gasteiger partial charge in [0.05, 0.1) is 6.10 Å². The fourth-order valence-corrected chi connectivity index (χ4v) is 2.77. The van der Waals surface area contributed by atoms with Gasteiger partial charge in [0.1, 0.15) is 6.73 Å². The fraction of sp³-hybridized carbons (Fsp3) is 0.538. The molecule has 0 spiro atoms. The van der Waals surface area contributed by atoms with Crippen molar-refractivity contribution in [1.29, 1.82) is 0 Å². The second-order valence-electron chi connectivity index (χ2n) is 4.50. The average molecular weight is 203 g/mol. The minimum absolute atomic E-state index is 0.312. The molecular weight excluding hydrogens is 186 g/mol. The Morgan fingerprint density at radius 3 is 2.87 bits per heavy atom. The third-order valence-electron chi connectivity index (χ3n) is 3.56. The van der Waals surface area contributed by atoms with E-state index in [4.69, 9.17) is 4.74 Å². The molecule has 2 saturated heterocycles. The van der Waals surface area contributed by atoms with E-state index in [-0.39, 0.29) is 0 Å². The van der Waals surface area contributed by atoms with Gasteiger partial charge in [-0.05, 0) is 18.4 Å². The van der Waals surface area contributed by atoms with Crippen LogP contribution in [0, 0.1) is 0 Å². The molecule has 0 bridgehead atoms. The summed E-state index contributed by atoms with van der Waals surface area (Å²) in [5, 5.41) is 0. The first-order chi connectivity index (χ1) is 7.45. The van der Waals surface area contributed by atoms with Crippen LogP contribution in [0.5, 0.6) is 0 Å². The zero-order valence-electron chi connectivity index (χ0n) is 8.93. The van der Waals surface area contributed by atoms with E-state index in [0.717, 1.165) is 6.73 Å². The lowest BCUT2D eigenvalue weighted by molar-refractivity contribution is 0.0896. The molecular formula is C13H17NO. The molecule has 2 heterocycles. The van der Waals surface area contributed by atoms with Crippen molar-refractivity contribution in [2.45, 2.75) is 31.4 Å². The number of fused-ring (bicyclic) bond motifs is 1. The summed E-state index contributed by atoms with van der Waals surface area (Å²) in [6, 6.07) is 11.3. The van der Waals surface area contributed by atoms with Gasteiger partial charge in [0.25, 0.3) is 0 Å². The Balaban J connectivity index is 1.82. The van der Waals surface area contributed by atoms with E-state index < -0.39 is 0 Å². The van der Waals surface area contributed by atoms with Crippen molar-refractivity contribution in [3.05, 3.63) is 35.9 Å². The summed E-state index contributed by atoms with van der Waals surface area (Å²) in [6.45, 7) is 2.04. The van der Waals surface area contributed by atoms with Crippen molar-refractivity contribution in [2.24, 2.45) is 0 Å². The highest BCUT2D eigenvalue weighted by Gasteiger charge is 2.37. The maximum atomic E-state index is 5.91. The quantitative estimate of drug-likeness (QED) is 0.695. The van der Waals surface area contributed by atoms with Crippen molar-refractivity contribution >= 4 is 0 Å². The lowest BCUT2D eigenvalue weighted by Gasteiger charge is -2.30. The van der Waals surface area contributed by atoms with Gasteiger partial charge in [-0.3, -0.25) is 4.90 Å². The summed E-state index contributed by atoms with van der Waals surface area (Å²) in [4.78, 5) is 2.49. The third kappa shape index (κ3) is 1.68. The molecule has 1 aromatic rings. The van der Waals surface area contributed by atoms with Crippen LogP contribution >= 0.6 is 0 Å². The third-order valence-corrected chi connectivity index (χ3v) is 3.56. The maximum absolute atomic E-state index is 5.91. The molecule has 0 saturated carbocycles. The highest BCUT2D eigenvalue weighted by atomic mass is 16.5.